The van der Waals surface area contributed by atoms with Gasteiger partial charge in [-0.2, -0.15) is 0 Å². The Balaban J connectivity index is 2.77. The Morgan fingerprint density at radius 2 is 2.07 bits per heavy atom. The van der Waals surface area contributed by atoms with Gasteiger partial charge in [-0.25, -0.2) is 0 Å². The molecule has 0 amide bonds. The van der Waals surface area contributed by atoms with Crippen LogP contribution in [-0.4, -0.2) is 15.9 Å². The van der Waals surface area contributed by atoms with Gasteiger partial charge < -0.3 is 5.11 Å². The average molecular weight is 201 g/mol. The van der Waals surface area contributed by atoms with Crippen LogP contribution in [0.2, 0.25) is 0 Å². The number of hydrogen-bond donors (Lipinski definition) is 1. The zero-order chi connectivity index (χ0) is 11.0. The molecule has 1 aromatic carbocycles. The van der Waals surface area contributed by atoms with E-state index < -0.39 is 0 Å². The highest BCUT2D eigenvalue weighted by atomic mass is 16.3. The number of pyridine rings is 1. The summed E-state index contributed by atoms with van der Waals surface area (Å²) in [6.07, 6.45) is 0. The lowest BCUT2D eigenvalue weighted by molar-refractivity contribution is 0.101. The number of phenolic OH excluding ortho intramolecular Hbond substituents is 1. The topological polar surface area (TPSA) is 50.2 Å². The van der Waals surface area contributed by atoms with E-state index in [2.05, 4.69) is 4.98 Å². The Morgan fingerprint density at radius 3 is 2.73 bits per heavy atom. The van der Waals surface area contributed by atoms with Crippen LogP contribution in [0.1, 0.15) is 23.0 Å². The molecule has 0 fully saturated rings. The lowest BCUT2D eigenvalue weighted by Crippen LogP contribution is -1.98. The van der Waals surface area contributed by atoms with E-state index in [4.69, 9.17) is 0 Å². The molecule has 0 aliphatic heterocycles. The van der Waals surface area contributed by atoms with E-state index in [0.717, 1.165) is 16.6 Å². The molecular weight excluding hydrogens is 190 g/mol. The summed E-state index contributed by atoms with van der Waals surface area (Å²) in [5, 5.41) is 10.1. The maximum Gasteiger partial charge on any atom is 0.161 e. The predicted molar refractivity (Wildman–Crippen MR) is 58.1 cm³/mol. The summed E-state index contributed by atoms with van der Waals surface area (Å²) in [6, 6.07) is 6.69. The van der Waals surface area contributed by atoms with Crippen LogP contribution in [0, 0.1) is 6.92 Å². The number of carbonyl (C=O) groups is 1. The van der Waals surface area contributed by atoms with Crippen LogP contribution in [0.3, 0.4) is 0 Å². The molecule has 0 bridgehead atoms. The summed E-state index contributed by atoms with van der Waals surface area (Å²) >= 11 is 0. The van der Waals surface area contributed by atoms with Crippen molar-refractivity contribution in [3.8, 4) is 5.75 Å². The van der Waals surface area contributed by atoms with Gasteiger partial charge in [-0.1, -0.05) is 0 Å². The van der Waals surface area contributed by atoms with Crippen molar-refractivity contribution in [1.29, 1.82) is 0 Å². The fourth-order valence-corrected chi connectivity index (χ4v) is 1.62. The first-order valence-corrected chi connectivity index (χ1v) is 4.69. The maximum absolute atomic E-state index is 11.3. The first kappa shape index (κ1) is 9.65. The third-order valence-electron chi connectivity index (χ3n) is 2.37. The van der Waals surface area contributed by atoms with Crippen molar-refractivity contribution in [2.75, 3.05) is 0 Å². The molecule has 2 aromatic rings. The summed E-state index contributed by atoms with van der Waals surface area (Å²) in [4.78, 5) is 15.6. The molecule has 0 unspecified atom stereocenters. The summed E-state index contributed by atoms with van der Waals surface area (Å²) in [5.41, 5.74) is 2.11. The predicted octanol–water partition coefficient (Wildman–Crippen LogP) is 2.45. The zero-order valence-corrected chi connectivity index (χ0v) is 8.61. The minimum Gasteiger partial charge on any atom is -0.508 e. The van der Waals surface area contributed by atoms with Crippen molar-refractivity contribution in [3.05, 3.63) is 35.5 Å². The van der Waals surface area contributed by atoms with E-state index in [9.17, 15) is 9.90 Å². The smallest absolute Gasteiger partial charge is 0.161 e. The number of Topliss-reactive ketones (excluding diaryl/α,β-unsaturated/α-hetero) is 1. The van der Waals surface area contributed by atoms with Crippen molar-refractivity contribution in [2.45, 2.75) is 13.8 Å². The monoisotopic (exact) mass is 201 g/mol. The van der Waals surface area contributed by atoms with E-state index in [1.165, 1.54) is 6.92 Å². The number of aromatic hydroxyl groups is 1. The number of aromatic nitrogens is 1. The van der Waals surface area contributed by atoms with Gasteiger partial charge >= 0.3 is 0 Å². The van der Waals surface area contributed by atoms with E-state index in [1.807, 2.05) is 6.92 Å². The van der Waals surface area contributed by atoms with Crippen molar-refractivity contribution in [3.63, 3.8) is 0 Å². The molecule has 2 rings (SSSR count). The number of rotatable bonds is 1. The molecule has 3 heteroatoms. The van der Waals surface area contributed by atoms with Crippen LogP contribution in [0.4, 0.5) is 0 Å². The van der Waals surface area contributed by atoms with Gasteiger partial charge in [-0.05, 0) is 38.1 Å². The van der Waals surface area contributed by atoms with Gasteiger partial charge in [0.2, 0.25) is 0 Å². The molecule has 0 atom stereocenters. The van der Waals surface area contributed by atoms with Gasteiger partial charge in [0.05, 0.1) is 5.52 Å². The second kappa shape index (κ2) is 3.35. The summed E-state index contributed by atoms with van der Waals surface area (Å²) in [5.74, 6) is 0.174. The molecule has 0 radical (unpaired) electrons. The highest BCUT2D eigenvalue weighted by molar-refractivity contribution is 5.98. The molecule has 0 aliphatic carbocycles. The fraction of sp³-hybridized carbons (Fsp3) is 0.167. The highest BCUT2D eigenvalue weighted by Gasteiger charge is 2.07. The number of fused-ring (bicyclic) bond motifs is 1. The van der Waals surface area contributed by atoms with Crippen LogP contribution in [0.25, 0.3) is 10.9 Å². The van der Waals surface area contributed by atoms with Gasteiger partial charge in [-0.15, -0.1) is 0 Å². The van der Waals surface area contributed by atoms with Crippen molar-refractivity contribution in [1.82, 2.24) is 4.98 Å². The molecule has 1 N–H and O–H groups in total. The van der Waals surface area contributed by atoms with Crippen LogP contribution in [-0.2, 0) is 0 Å². The Bertz CT molecular complexity index is 547. The normalized spacial score (nSPS) is 10.5. The minimum atomic E-state index is -0.00903. The molecule has 0 saturated carbocycles. The standard InChI is InChI=1S/C12H11NO2/c1-7-11(8(2)14)6-9-5-10(15)3-4-12(9)13-7/h3-6,15H,1-2H3. The van der Waals surface area contributed by atoms with Crippen molar-refractivity contribution in [2.24, 2.45) is 0 Å². The van der Waals surface area contributed by atoms with Crippen LogP contribution < -0.4 is 0 Å². The Morgan fingerprint density at radius 1 is 1.33 bits per heavy atom. The second-order valence-electron chi connectivity index (χ2n) is 3.55. The summed E-state index contributed by atoms with van der Waals surface area (Å²) in [6.45, 7) is 3.32. The minimum absolute atomic E-state index is 0.00903. The largest absolute Gasteiger partial charge is 0.508 e. The zero-order valence-electron chi connectivity index (χ0n) is 8.61. The molecule has 15 heavy (non-hydrogen) atoms. The first-order valence-electron chi connectivity index (χ1n) is 4.69. The van der Waals surface area contributed by atoms with Gasteiger partial charge in [0.15, 0.2) is 5.78 Å². The number of aryl methyl sites for hydroxylation is 1. The fourth-order valence-electron chi connectivity index (χ4n) is 1.62. The van der Waals surface area contributed by atoms with Gasteiger partial charge in [0.25, 0.3) is 0 Å². The van der Waals surface area contributed by atoms with Crippen molar-refractivity contribution < 1.29 is 9.90 Å². The number of ketones is 1. The maximum atomic E-state index is 11.3. The van der Waals surface area contributed by atoms with Crippen molar-refractivity contribution >= 4 is 16.7 Å². The lowest BCUT2D eigenvalue weighted by atomic mass is 10.1. The van der Waals surface area contributed by atoms with Gasteiger partial charge in [0, 0.05) is 16.6 Å². The third-order valence-corrected chi connectivity index (χ3v) is 2.37. The SMILES string of the molecule is CC(=O)c1cc2cc(O)ccc2nc1C. The molecule has 1 aromatic heterocycles. The molecular formula is C12H11NO2. The molecule has 76 valence electrons. The Labute approximate surface area is 87.4 Å². The first-order chi connectivity index (χ1) is 7.08. The van der Waals surface area contributed by atoms with Gasteiger partial charge in [0.1, 0.15) is 5.75 Å². The molecule has 1 heterocycles. The average Bonchev–Trinajstić information content (AvgIpc) is 2.17. The summed E-state index contributed by atoms with van der Waals surface area (Å²) in [7, 11) is 0. The number of benzene rings is 1. The number of phenols is 1. The van der Waals surface area contributed by atoms with E-state index in [0.29, 0.717) is 5.56 Å². The quantitative estimate of drug-likeness (QED) is 0.721. The number of nitrogens with zero attached hydrogens (tertiary/aromatic N) is 1. The van der Waals surface area contributed by atoms with E-state index in [1.54, 1.807) is 24.3 Å². The summed E-state index contributed by atoms with van der Waals surface area (Å²) < 4.78 is 0. The third kappa shape index (κ3) is 1.68. The molecule has 0 spiro atoms. The van der Waals surface area contributed by atoms with Crippen LogP contribution >= 0.6 is 0 Å². The van der Waals surface area contributed by atoms with Crippen LogP contribution in [0.5, 0.6) is 5.75 Å². The second-order valence-corrected chi connectivity index (χ2v) is 3.55. The Kier molecular flexibility index (Phi) is 2.15. The van der Waals surface area contributed by atoms with Crippen LogP contribution in [0.15, 0.2) is 24.3 Å². The lowest BCUT2D eigenvalue weighted by Gasteiger charge is -2.04. The number of carbonyl (C=O) groups excluding carboxylic acids is 1. The molecule has 0 aliphatic rings. The molecule has 0 saturated heterocycles. The van der Waals surface area contributed by atoms with E-state index in [-0.39, 0.29) is 11.5 Å². The highest BCUT2D eigenvalue weighted by Crippen LogP contribution is 2.21. The number of hydrogen-bond acceptors (Lipinski definition) is 3. The Hall–Kier alpha value is -1.90. The van der Waals surface area contributed by atoms with E-state index >= 15 is 0 Å². The van der Waals surface area contributed by atoms with Gasteiger partial charge in [-0.3, -0.25) is 9.78 Å². The molecule has 3 nitrogen and oxygen atoms in total.